The fourth-order valence-electron chi connectivity index (χ4n) is 5.07. The minimum absolute atomic E-state index is 0.168. The van der Waals surface area contributed by atoms with Gasteiger partial charge in [-0.3, -0.25) is 0 Å². The molecule has 212 valence electrons. The second kappa shape index (κ2) is 13.2. The minimum atomic E-state index is 0.168. The molecule has 4 atom stereocenters. The lowest BCUT2D eigenvalue weighted by Gasteiger charge is -2.18. The van der Waals surface area contributed by atoms with Crippen molar-refractivity contribution in [3.63, 3.8) is 0 Å². The first-order chi connectivity index (χ1) is 20.7. The molecule has 0 bridgehead atoms. The van der Waals surface area contributed by atoms with Crippen LogP contribution < -0.4 is 26.0 Å². The number of ether oxygens (including phenoxy) is 1. The molecule has 7 heteroatoms. The van der Waals surface area contributed by atoms with Gasteiger partial charge in [0.05, 0.1) is 5.56 Å². The minimum Gasteiger partial charge on any atom is -0.507 e. The van der Waals surface area contributed by atoms with Crippen LogP contribution in [0.3, 0.4) is 0 Å². The number of benzene rings is 6. The van der Waals surface area contributed by atoms with E-state index < -0.39 is 0 Å². The summed E-state index contributed by atoms with van der Waals surface area (Å²) in [5, 5.41) is 15.3. The lowest BCUT2D eigenvalue weighted by Crippen LogP contribution is -2.00. The number of halogens is 1. The third kappa shape index (κ3) is 6.88. The van der Waals surface area contributed by atoms with Gasteiger partial charge < -0.3 is 9.84 Å². The Kier molecular flexibility index (Phi) is 9.30. The van der Waals surface area contributed by atoms with Crippen LogP contribution in [0.15, 0.2) is 121 Å². The molecule has 43 heavy (non-hydrogen) atoms. The zero-order valence-electron chi connectivity index (χ0n) is 23.1. The molecule has 6 aromatic carbocycles. The SMILES string of the molecule is Oc1cc(P)cc(Oc2cc(P)ccc2-c2ccc(-c3ccc(P)cc3I)cc2)c1-c1ccc(-c2ccc(P)cc2)cc1. The van der Waals surface area contributed by atoms with E-state index in [1.807, 2.05) is 24.3 Å². The highest BCUT2D eigenvalue weighted by atomic mass is 127. The van der Waals surface area contributed by atoms with Gasteiger partial charge in [0.1, 0.15) is 17.2 Å². The summed E-state index contributed by atoms with van der Waals surface area (Å²) in [7, 11) is 10.9. The Labute approximate surface area is 275 Å². The molecule has 0 saturated carbocycles. The van der Waals surface area contributed by atoms with Crippen molar-refractivity contribution in [1.29, 1.82) is 0 Å². The molecule has 0 radical (unpaired) electrons. The Morgan fingerprint density at radius 1 is 0.442 bits per heavy atom. The van der Waals surface area contributed by atoms with Gasteiger partial charge in [0, 0.05) is 9.13 Å². The topological polar surface area (TPSA) is 29.5 Å². The molecule has 0 spiro atoms. The molecule has 0 aliphatic heterocycles. The summed E-state index contributed by atoms with van der Waals surface area (Å²) < 4.78 is 7.89. The van der Waals surface area contributed by atoms with Crippen LogP contribution in [0, 0.1) is 3.57 Å². The first-order valence-electron chi connectivity index (χ1n) is 13.6. The first kappa shape index (κ1) is 30.4. The van der Waals surface area contributed by atoms with Gasteiger partial charge in [0.2, 0.25) is 0 Å². The van der Waals surface area contributed by atoms with E-state index in [2.05, 4.69) is 151 Å². The van der Waals surface area contributed by atoms with Crippen molar-refractivity contribution in [2.24, 2.45) is 0 Å². The van der Waals surface area contributed by atoms with Crippen LogP contribution >= 0.6 is 59.6 Å². The molecule has 0 amide bonds. The molecular formula is C36H29IO2P4. The van der Waals surface area contributed by atoms with Crippen LogP contribution in [0.5, 0.6) is 17.2 Å². The Morgan fingerprint density at radius 3 is 1.53 bits per heavy atom. The highest BCUT2D eigenvalue weighted by Crippen LogP contribution is 2.42. The molecule has 0 heterocycles. The Hall–Kier alpha value is -2.63. The van der Waals surface area contributed by atoms with E-state index in [4.69, 9.17) is 4.74 Å². The molecule has 1 N–H and O–H groups in total. The van der Waals surface area contributed by atoms with Crippen LogP contribution in [0.1, 0.15) is 0 Å². The number of aromatic hydroxyl groups is 1. The number of phenols is 1. The van der Waals surface area contributed by atoms with Gasteiger partial charge >= 0.3 is 0 Å². The van der Waals surface area contributed by atoms with E-state index in [-0.39, 0.29) is 5.75 Å². The maximum Gasteiger partial charge on any atom is 0.139 e. The van der Waals surface area contributed by atoms with E-state index >= 15 is 0 Å². The largest absolute Gasteiger partial charge is 0.507 e. The highest BCUT2D eigenvalue weighted by molar-refractivity contribution is 14.1. The second-order valence-electron chi connectivity index (χ2n) is 10.3. The molecule has 0 fully saturated rings. The predicted octanol–water partition coefficient (Wildman–Crippen LogP) is 8.46. The van der Waals surface area contributed by atoms with E-state index in [1.165, 1.54) is 20.0 Å². The molecule has 0 aliphatic rings. The Bertz CT molecular complexity index is 1940. The highest BCUT2D eigenvalue weighted by Gasteiger charge is 2.17. The number of rotatable bonds is 6. The maximum atomic E-state index is 11.1. The molecular weight excluding hydrogens is 715 g/mol. The first-order valence-corrected chi connectivity index (χ1v) is 17.0. The standard InChI is InChI=1S/C36H29IO2P4/c37-32-17-27(41)13-15-30(32)23-3-5-24(6-4-23)31-16-14-28(42)19-34(31)39-35-20-29(43)18-33(38)36(35)25-7-1-21(2-8-25)22-9-11-26(40)12-10-22/h1-20,38H,40-43H2. The third-order valence-electron chi connectivity index (χ3n) is 7.25. The molecule has 0 aliphatic carbocycles. The number of phenolic OH excluding ortho intramolecular Hbond substituents is 1. The van der Waals surface area contributed by atoms with Crippen LogP contribution in [-0.2, 0) is 0 Å². The maximum absolute atomic E-state index is 11.1. The summed E-state index contributed by atoms with van der Waals surface area (Å²) in [5.74, 6) is 1.47. The van der Waals surface area contributed by atoms with Crippen LogP contribution in [0.4, 0.5) is 0 Å². The van der Waals surface area contributed by atoms with Gasteiger partial charge in [0.25, 0.3) is 0 Å². The fourth-order valence-corrected chi connectivity index (χ4v) is 7.27. The molecule has 0 saturated heterocycles. The summed E-state index contributed by atoms with van der Waals surface area (Å²) in [6, 6.07) is 41.5. The summed E-state index contributed by atoms with van der Waals surface area (Å²) in [4.78, 5) is 0. The van der Waals surface area contributed by atoms with Crippen molar-refractivity contribution in [3.05, 3.63) is 125 Å². The zero-order chi connectivity index (χ0) is 30.1. The number of hydrogen-bond acceptors (Lipinski definition) is 2. The summed E-state index contributed by atoms with van der Waals surface area (Å²) in [6.07, 6.45) is 0. The molecule has 2 nitrogen and oxygen atoms in total. The summed E-state index contributed by atoms with van der Waals surface area (Å²) in [5.41, 5.74) is 8.18. The van der Waals surface area contributed by atoms with Crippen LogP contribution in [-0.4, -0.2) is 5.11 Å². The lowest BCUT2D eigenvalue weighted by molar-refractivity contribution is 0.460. The van der Waals surface area contributed by atoms with Gasteiger partial charge in [-0.05, 0) is 101 Å². The van der Waals surface area contributed by atoms with Crippen molar-refractivity contribution in [3.8, 4) is 61.8 Å². The van der Waals surface area contributed by atoms with Gasteiger partial charge in [-0.2, -0.15) is 0 Å². The van der Waals surface area contributed by atoms with Gasteiger partial charge in [0.15, 0.2) is 0 Å². The van der Waals surface area contributed by atoms with E-state index in [0.29, 0.717) is 17.1 Å². The second-order valence-corrected chi connectivity index (χ2v) is 14.1. The van der Waals surface area contributed by atoms with Gasteiger partial charge in [-0.1, -0.05) is 97.1 Å². The van der Waals surface area contributed by atoms with Crippen molar-refractivity contribution < 1.29 is 9.84 Å². The van der Waals surface area contributed by atoms with Crippen molar-refractivity contribution in [2.45, 2.75) is 0 Å². The zero-order valence-corrected chi connectivity index (χ0v) is 29.9. The van der Waals surface area contributed by atoms with E-state index in [9.17, 15) is 5.11 Å². The molecule has 4 unspecified atom stereocenters. The summed E-state index contributed by atoms with van der Waals surface area (Å²) in [6.45, 7) is 0. The van der Waals surface area contributed by atoms with Crippen molar-refractivity contribution in [1.82, 2.24) is 0 Å². The molecule has 6 rings (SSSR count). The van der Waals surface area contributed by atoms with E-state index in [0.717, 1.165) is 43.7 Å². The van der Waals surface area contributed by atoms with Gasteiger partial charge in [-0.15, -0.1) is 37.0 Å². The monoisotopic (exact) mass is 744 g/mol. The quantitative estimate of drug-likeness (QED) is 0.137. The number of hydrogen-bond donors (Lipinski definition) is 1. The lowest BCUT2D eigenvalue weighted by atomic mass is 9.98. The average molecular weight is 744 g/mol. The van der Waals surface area contributed by atoms with Crippen LogP contribution in [0.25, 0.3) is 44.5 Å². The third-order valence-corrected chi connectivity index (χ3v) is 9.58. The molecule has 6 aromatic rings. The normalized spacial score (nSPS) is 11.0. The van der Waals surface area contributed by atoms with Crippen molar-refractivity contribution >= 4 is 80.8 Å². The fraction of sp³-hybridized carbons (Fsp3) is 0. The Balaban J connectivity index is 1.36. The average Bonchev–Trinajstić information content (AvgIpc) is 2.98. The molecule has 0 aromatic heterocycles. The Morgan fingerprint density at radius 2 is 0.907 bits per heavy atom. The van der Waals surface area contributed by atoms with Crippen LogP contribution in [0.2, 0.25) is 0 Å². The van der Waals surface area contributed by atoms with Crippen molar-refractivity contribution in [2.75, 3.05) is 0 Å². The smallest absolute Gasteiger partial charge is 0.139 e. The summed E-state index contributed by atoms with van der Waals surface area (Å²) >= 11 is 2.39. The van der Waals surface area contributed by atoms with Gasteiger partial charge in [-0.25, -0.2) is 0 Å². The predicted molar refractivity (Wildman–Crippen MR) is 206 cm³/mol. The van der Waals surface area contributed by atoms with E-state index in [1.54, 1.807) is 6.07 Å².